The molecule has 1 saturated carbocycles. The first-order chi connectivity index (χ1) is 7.74. The van der Waals surface area contributed by atoms with Gasteiger partial charge in [0.05, 0.1) is 12.3 Å². The van der Waals surface area contributed by atoms with Crippen molar-refractivity contribution in [2.45, 2.75) is 50.7 Å². The molecule has 2 unspecified atom stereocenters. The standard InChI is InChI=1S/C13H22N2O/c1-3-11(14)13(12-8-5-9-16-12)15(2)10-6-4-7-10/h5,8-11,13H,3-4,6-7,14H2,1-2H3. The van der Waals surface area contributed by atoms with Crippen LogP contribution in [0.3, 0.4) is 0 Å². The van der Waals surface area contributed by atoms with Crippen molar-refractivity contribution in [1.82, 2.24) is 4.90 Å². The molecule has 3 heteroatoms. The van der Waals surface area contributed by atoms with Crippen LogP contribution in [0.15, 0.2) is 22.8 Å². The minimum Gasteiger partial charge on any atom is -0.468 e. The lowest BCUT2D eigenvalue weighted by molar-refractivity contribution is 0.0814. The Labute approximate surface area is 97.6 Å². The molecular formula is C13H22N2O. The highest BCUT2D eigenvalue weighted by atomic mass is 16.3. The molecule has 1 fully saturated rings. The summed E-state index contributed by atoms with van der Waals surface area (Å²) < 4.78 is 5.54. The summed E-state index contributed by atoms with van der Waals surface area (Å²) in [6, 6.07) is 5.05. The van der Waals surface area contributed by atoms with E-state index in [1.165, 1.54) is 19.3 Å². The van der Waals surface area contributed by atoms with Crippen LogP contribution in [-0.4, -0.2) is 24.0 Å². The quantitative estimate of drug-likeness (QED) is 0.832. The van der Waals surface area contributed by atoms with Gasteiger partial charge in [-0.25, -0.2) is 0 Å². The molecule has 2 rings (SSSR count). The van der Waals surface area contributed by atoms with Gasteiger partial charge >= 0.3 is 0 Å². The van der Waals surface area contributed by atoms with Crippen LogP contribution in [0.2, 0.25) is 0 Å². The van der Waals surface area contributed by atoms with E-state index in [-0.39, 0.29) is 12.1 Å². The smallest absolute Gasteiger partial charge is 0.122 e. The molecule has 16 heavy (non-hydrogen) atoms. The highest BCUT2D eigenvalue weighted by molar-refractivity contribution is 5.08. The number of nitrogens with zero attached hydrogens (tertiary/aromatic N) is 1. The molecule has 1 aromatic rings. The molecule has 0 aliphatic heterocycles. The van der Waals surface area contributed by atoms with Crippen LogP contribution >= 0.6 is 0 Å². The Morgan fingerprint density at radius 3 is 2.75 bits per heavy atom. The van der Waals surface area contributed by atoms with Gasteiger partial charge in [0.1, 0.15) is 5.76 Å². The maximum atomic E-state index is 6.22. The third kappa shape index (κ3) is 2.15. The van der Waals surface area contributed by atoms with Crippen LogP contribution in [0.1, 0.15) is 44.4 Å². The molecule has 0 radical (unpaired) electrons. The number of furan rings is 1. The molecule has 2 atom stereocenters. The van der Waals surface area contributed by atoms with Gasteiger partial charge in [-0.2, -0.15) is 0 Å². The fraction of sp³-hybridized carbons (Fsp3) is 0.692. The van der Waals surface area contributed by atoms with Gasteiger partial charge in [0.15, 0.2) is 0 Å². The molecular weight excluding hydrogens is 200 g/mol. The summed E-state index contributed by atoms with van der Waals surface area (Å²) in [5.74, 6) is 1.00. The largest absolute Gasteiger partial charge is 0.468 e. The van der Waals surface area contributed by atoms with Gasteiger partial charge < -0.3 is 10.2 Å². The van der Waals surface area contributed by atoms with Gasteiger partial charge in [0, 0.05) is 12.1 Å². The van der Waals surface area contributed by atoms with Crippen molar-refractivity contribution in [3.63, 3.8) is 0 Å². The van der Waals surface area contributed by atoms with Crippen molar-refractivity contribution < 1.29 is 4.42 Å². The molecule has 0 aromatic carbocycles. The number of hydrogen-bond donors (Lipinski definition) is 1. The normalized spacial score (nSPS) is 20.8. The Hall–Kier alpha value is -0.800. The summed E-state index contributed by atoms with van der Waals surface area (Å²) in [4.78, 5) is 2.40. The number of likely N-dealkylation sites (N-methyl/N-ethyl adjacent to an activating group) is 1. The first kappa shape index (κ1) is 11.7. The molecule has 90 valence electrons. The van der Waals surface area contributed by atoms with Gasteiger partial charge in [-0.05, 0) is 38.4 Å². The Bertz CT molecular complexity index is 306. The third-order valence-corrected chi connectivity index (χ3v) is 3.80. The lowest BCUT2D eigenvalue weighted by Crippen LogP contribution is -2.46. The average molecular weight is 222 g/mol. The summed E-state index contributed by atoms with van der Waals surface area (Å²) in [7, 11) is 2.17. The fourth-order valence-electron chi connectivity index (χ4n) is 2.42. The molecule has 0 amide bonds. The summed E-state index contributed by atoms with van der Waals surface area (Å²) in [6.07, 6.45) is 6.65. The number of rotatable bonds is 5. The van der Waals surface area contributed by atoms with Crippen molar-refractivity contribution in [2.75, 3.05) is 7.05 Å². The maximum Gasteiger partial charge on any atom is 0.122 e. The van der Waals surface area contributed by atoms with E-state index in [1.807, 2.05) is 12.1 Å². The molecule has 1 heterocycles. The zero-order valence-electron chi connectivity index (χ0n) is 10.2. The van der Waals surface area contributed by atoms with E-state index in [4.69, 9.17) is 10.2 Å². The maximum absolute atomic E-state index is 6.22. The van der Waals surface area contributed by atoms with Gasteiger partial charge in [-0.3, -0.25) is 4.90 Å². The van der Waals surface area contributed by atoms with Crippen molar-refractivity contribution in [3.05, 3.63) is 24.2 Å². The van der Waals surface area contributed by atoms with E-state index < -0.39 is 0 Å². The molecule has 2 N–H and O–H groups in total. The lowest BCUT2D eigenvalue weighted by atomic mass is 9.89. The zero-order chi connectivity index (χ0) is 11.5. The van der Waals surface area contributed by atoms with E-state index in [2.05, 4.69) is 18.9 Å². The Morgan fingerprint density at radius 2 is 2.31 bits per heavy atom. The van der Waals surface area contributed by atoms with Crippen molar-refractivity contribution in [2.24, 2.45) is 5.73 Å². The van der Waals surface area contributed by atoms with Crippen LogP contribution < -0.4 is 5.73 Å². The average Bonchev–Trinajstić information content (AvgIpc) is 2.68. The van der Waals surface area contributed by atoms with E-state index in [0.29, 0.717) is 6.04 Å². The summed E-state index contributed by atoms with van der Waals surface area (Å²) in [6.45, 7) is 2.13. The van der Waals surface area contributed by atoms with E-state index >= 15 is 0 Å². The van der Waals surface area contributed by atoms with Crippen LogP contribution in [-0.2, 0) is 0 Å². The highest BCUT2D eigenvalue weighted by Crippen LogP contribution is 2.33. The second-order valence-electron chi connectivity index (χ2n) is 4.78. The second-order valence-corrected chi connectivity index (χ2v) is 4.78. The van der Waals surface area contributed by atoms with Crippen LogP contribution in [0.4, 0.5) is 0 Å². The van der Waals surface area contributed by atoms with Crippen LogP contribution in [0.25, 0.3) is 0 Å². The van der Waals surface area contributed by atoms with E-state index in [1.54, 1.807) is 6.26 Å². The predicted molar refractivity (Wildman–Crippen MR) is 65.1 cm³/mol. The Kier molecular flexibility index (Phi) is 3.66. The Balaban J connectivity index is 2.13. The van der Waals surface area contributed by atoms with Crippen molar-refractivity contribution >= 4 is 0 Å². The van der Waals surface area contributed by atoms with Gasteiger partial charge in [0.2, 0.25) is 0 Å². The molecule has 3 nitrogen and oxygen atoms in total. The Morgan fingerprint density at radius 1 is 1.56 bits per heavy atom. The van der Waals surface area contributed by atoms with Gasteiger partial charge in [-0.1, -0.05) is 13.3 Å². The molecule has 0 spiro atoms. The molecule has 0 bridgehead atoms. The van der Waals surface area contributed by atoms with Gasteiger partial charge in [-0.15, -0.1) is 0 Å². The highest BCUT2D eigenvalue weighted by Gasteiger charge is 2.32. The summed E-state index contributed by atoms with van der Waals surface area (Å²) in [5.41, 5.74) is 6.22. The van der Waals surface area contributed by atoms with E-state index in [9.17, 15) is 0 Å². The monoisotopic (exact) mass is 222 g/mol. The minimum atomic E-state index is 0.150. The zero-order valence-corrected chi connectivity index (χ0v) is 10.2. The summed E-state index contributed by atoms with van der Waals surface area (Å²) >= 11 is 0. The molecule has 0 saturated heterocycles. The topological polar surface area (TPSA) is 42.4 Å². The SMILES string of the molecule is CCC(N)C(c1ccco1)N(C)C1CCC1. The second kappa shape index (κ2) is 5.02. The fourth-order valence-corrected chi connectivity index (χ4v) is 2.42. The minimum absolute atomic E-state index is 0.150. The molecule has 1 aliphatic carbocycles. The van der Waals surface area contributed by atoms with Crippen molar-refractivity contribution in [3.8, 4) is 0 Å². The van der Waals surface area contributed by atoms with Crippen LogP contribution in [0.5, 0.6) is 0 Å². The van der Waals surface area contributed by atoms with Crippen LogP contribution in [0, 0.1) is 0 Å². The summed E-state index contributed by atoms with van der Waals surface area (Å²) in [5, 5.41) is 0. The first-order valence-electron chi connectivity index (χ1n) is 6.25. The third-order valence-electron chi connectivity index (χ3n) is 3.80. The molecule has 1 aromatic heterocycles. The lowest BCUT2D eigenvalue weighted by Gasteiger charge is -2.41. The van der Waals surface area contributed by atoms with Gasteiger partial charge in [0.25, 0.3) is 0 Å². The first-order valence-corrected chi connectivity index (χ1v) is 6.25. The van der Waals surface area contributed by atoms with E-state index in [0.717, 1.165) is 12.2 Å². The number of hydrogen-bond acceptors (Lipinski definition) is 3. The predicted octanol–water partition coefficient (Wildman–Crippen LogP) is 2.54. The van der Waals surface area contributed by atoms with Crippen molar-refractivity contribution in [1.29, 1.82) is 0 Å². The number of nitrogens with two attached hydrogens (primary N) is 1. The molecule has 1 aliphatic rings.